The van der Waals surface area contributed by atoms with Gasteiger partial charge in [-0.2, -0.15) is 0 Å². The van der Waals surface area contributed by atoms with Gasteiger partial charge in [0, 0.05) is 44.1 Å². The van der Waals surface area contributed by atoms with Crippen LogP contribution in [0.25, 0.3) is 0 Å². The van der Waals surface area contributed by atoms with Crippen LogP contribution in [0.1, 0.15) is 35.3 Å². The molecule has 0 unspecified atom stereocenters. The molecule has 1 aliphatic heterocycles. The Bertz CT molecular complexity index is 642. The van der Waals surface area contributed by atoms with Crippen LogP contribution in [-0.4, -0.2) is 41.1 Å². The molecule has 1 fully saturated rings. The Kier molecular flexibility index (Phi) is 5.33. The average Bonchev–Trinajstić information content (AvgIpc) is 3.07. The molecular weight excluding hydrogens is 302 g/mol. The van der Waals surface area contributed by atoms with E-state index in [1.54, 1.807) is 0 Å². The van der Waals surface area contributed by atoms with Crippen molar-refractivity contribution >= 4 is 5.91 Å². The number of rotatable bonds is 5. The first kappa shape index (κ1) is 16.7. The van der Waals surface area contributed by atoms with Crippen molar-refractivity contribution in [1.29, 1.82) is 0 Å². The Morgan fingerprint density at radius 2 is 1.79 bits per heavy atom. The lowest BCUT2D eigenvalue weighted by Crippen LogP contribution is -2.48. The van der Waals surface area contributed by atoms with Crippen LogP contribution in [0.2, 0.25) is 0 Å². The SMILES string of the molecule is C[C@@H]1CN(C(=O)c2ccc(CNCc3cc[nH]c3)cc2)C[C@@H](C)O1. The fraction of sp³-hybridized carbons (Fsp3) is 0.421. The van der Waals surface area contributed by atoms with Crippen LogP contribution < -0.4 is 5.32 Å². The fourth-order valence-corrected chi connectivity index (χ4v) is 3.11. The van der Waals surface area contributed by atoms with Gasteiger partial charge in [0.25, 0.3) is 5.91 Å². The number of H-pyrrole nitrogens is 1. The van der Waals surface area contributed by atoms with E-state index < -0.39 is 0 Å². The first-order valence-electron chi connectivity index (χ1n) is 8.48. The smallest absolute Gasteiger partial charge is 0.254 e. The molecule has 24 heavy (non-hydrogen) atoms. The molecule has 2 atom stereocenters. The molecular formula is C19H25N3O2. The number of aromatic amines is 1. The maximum atomic E-state index is 12.6. The van der Waals surface area contributed by atoms with E-state index in [9.17, 15) is 4.79 Å². The molecule has 3 rings (SSSR count). The van der Waals surface area contributed by atoms with Crippen molar-refractivity contribution < 1.29 is 9.53 Å². The summed E-state index contributed by atoms with van der Waals surface area (Å²) in [6.07, 6.45) is 4.09. The van der Waals surface area contributed by atoms with Gasteiger partial charge in [-0.15, -0.1) is 0 Å². The molecule has 1 saturated heterocycles. The number of amides is 1. The third kappa shape index (κ3) is 4.24. The fourth-order valence-electron chi connectivity index (χ4n) is 3.11. The van der Waals surface area contributed by atoms with Crippen LogP contribution in [0.15, 0.2) is 42.7 Å². The van der Waals surface area contributed by atoms with Crippen molar-refractivity contribution in [3.8, 4) is 0 Å². The summed E-state index contributed by atoms with van der Waals surface area (Å²) < 4.78 is 5.69. The lowest BCUT2D eigenvalue weighted by atomic mass is 10.1. The highest BCUT2D eigenvalue weighted by Gasteiger charge is 2.26. The summed E-state index contributed by atoms with van der Waals surface area (Å²) in [6.45, 7) is 6.94. The summed E-state index contributed by atoms with van der Waals surface area (Å²) in [7, 11) is 0. The van der Waals surface area contributed by atoms with Crippen LogP contribution in [-0.2, 0) is 17.8 Å². The number of ether oxygens (including phenoxy) is 1. The highest BCUT2D eigenvalue weighted by molar-refractivity contribution is 5.94. The molecule has 2 heterocycles. The number of carbonyl (C=O) groups excluding carboxylic acids is 1. The largest absolute Gasteiger partial charge is 0.372 e. The summed E-state index contributed by atoms with van der Waals surface area (Å²) in [5.41, 5.74) is 3.15. The quantitative estimate of drug-likeness (QED) is 0.887. The molecule has 2 N–H and O–H groups in total. The summed E-state index contributed by atoms with van der Waals surface area (Å²) in [6, 6.07) is 9.93. The zero-order valence-corrected chi connectivity index (χ0v) is 14.3. The topological polar surface area (TPSA) is 57.4 Å². The number of benzene rings is 1. The maximum absolute atomic E-state index is 12.6. The monoisotopic (exact) mass is 327 g/mol. The molecule has 1 amide bonds. The Morgan fingerprint density at radius 3 is 2.42 bits per heavy atom. The second-order valence-electron chi connectivity index (χ2n) is 6.49. The Balaban J connectivity index is 1.54. The third-order valence-electron chi connectivity index (χ3n) is 4.23. The summed E-state index contributed by atoms with van der Waals surface area (Å²) >= 11 is 0. The van der Waals surface area contributed by atoms with Gasteiger partial charge in [-0.3, -0.25) is 4.79 Å². The van der Waals surface area contributed by atoms with Crippen molar-refractivity contribution in [2.24, 2.45) is 0 Å². The van der Waals surface area contributed by atoms with Crippen molar-refractivity contribution in [3.63, 3.8) is 0 Å². The average molecular weight is 327 g/mol. The van der Waals surface area contributed by atoms with Gasteiger partial charge in [-0.1, -0.05) is 12.1 Å². The van der Waals surface area contributed by atoms with E-state index in [-0.39, 0.29) is 18.1 Å². The van der Waals surface area contributed by atoms with Gasteiger partial charge in [0.05, 0.1) is 12.2 Å². The minimum Gasteiger partial charge on any atom is -0.372 e. The molecule has 0 radical (unpaired) electrons. The normalized spacial score (nSPS) is 21.0. The number of hydrogen-bond acceptors (Lipinski definition) is 3. The zero-order valence-electron chi connectivity index (χ0n) is 14.3. The summed E-state index contributed by atoms with van der Waals surface area (Å²) in [5, 5.41) is 3.40. The van der Waals surface area contributed by atoms with Crippen LogP contribution in [0.5, 0.6) is 0 Å². The number of nitrogens with one attached hydrogen (secondary N) is 2. The molecule has 2 aromatic rings. The Morgan fingerprint density at radius 1 is 1.12 bits per heavy atom. The molecule has 1 aromatic heterocycles. The van der Waals surface area contributed by atoms with Gasteiger partial charge < -0.3 is 19.9 Å². The predicted octanol–water partition coefficient (Wildman–Crippen LogP) is 2.55. The predicted molar refractivity (Wildman–Crippen MR) is 93.7 cm³/mol. The van der Waals surface area contributed by atoms with Crippen molar-refractivity contribution in [2.75, 3.05) is 13.1 Å². The molecule has 1 aromatic carbocycles. The standard InChI is InChI=1S/C19H25N3O2/c1-14-12-22(13-15(2)24-14)19(23)18-5-3-16(4-6-18)9-21-11-17-7-8-20-10-17/h3-8,10,14-15,20-21H,9,11-13H2,1-2H3/t14-,15-/m1/s1. The summed E-state index contributed by atoms with van der Waals surface area (Å²) in [4.78, 5) is 17.6. The number of morpholine rings is 1. The van der Waals surface area contributed by atoms with Crippen molar-refractivity contribution in [1.82, 2.24) is 15.2 Å². The maximum Gasteiger partial charge on any atom is 0.254 e. The van der Waals surface area contributed by atoms with Crippen molar-refractivity contribution in [3.05, 3.63) is 59.4 Å². The molecule has 0 bridgehead atoms. The number of aromatic nitrogens is 1. The molecule has 0 aliphatic carbocycles. The van der Waals surface area contributed by atoms with Gasteiger partial charge >= 0.3 is 0 Å². The van der Waals surface area contributed by atoms with E-state index in [0.29, 0.717) is 13.1 Å². The van der Waals surface area contributed by atoms with E-state index >= 15 is 0 Å². The van der Waals surface area contributed by atoms with E-state index in [2.05, 4.69) is 16.4 Å². The van der Waals surface area contributed by atoms with Gasteiger partial charge in [-0.25, -0.2) is 0 Å². The minimum atomic E-state index is 0.0869. The Hall–Kier alpha value is -2.11. The van der Waals surface area contributed by atoms with Gasteiger partial charge in [0.2, 0.25) is 0 Å². The van der Waals surface area contributed by atoms with Crippen molar-refractivity contribution in [2.45, 2.75) is 39.1 Å². The van der Waals surface area contributed by atoms with Gasteiger partial charge in [0.15, 0.2) is 0 Å². The molecule has 128 valence electrons. The number of hydrogen-bond donors (Lipinski definition) is 2. The first-order valence-corrected chi connectivity index (χ1v) is 8.48. The molecule has 5 heteroatoms. The van der Waals surface area contributed by atoms with Crippen LogP contribution in [0.4, 0.5) is 0 Å². The number of carbonyl (C=O) groups is 1. The second kappa shape index (κ2) is 7.64. The van der Waals surface area contributed by atoms with Crippen LogP contribution >= 0.6 is 0 Å². The van der Waals surface area contributed by atoms with Gasteiger partial charge in [0.1, 0.15) is 0 Å². The van der Waals surface area contributed by atoms with Gasteiger partial charge in [-0.05, 0) is 43.2 Å². The first-order chi connectivity index (χ1) is 11.6. The molecule has 0 spiro atoms. The van der Waals surface area contributed by atoms with Crippen LogP contribution in [0, 0.1) is 0 Å². The molecule has 5 nitrogen and oxygen atoms in total. The van der Waals surface area contributed by atoms with E-state index in [0.717, 1.165) is 18.7 Å². The van der Waals surface area contributed by atoms with E-state index in [1.807, 2.05) is 55.4 Å². The zero-order chi connectivity index (χ0) is 16.9. The third-order valence-corrected chi connectivity index (χ3v) is 4.23. The molecule has 0 saturated carbocycles. The second-order valence-corrected chi connectivity index (χ2v) is 6.49. The lowest BCUT2D eigenvalue weighted by Gasteiger charge is -2.35. The number of nitrogens with zero attached hydrogens (tertiary/aromatic N) is 1. The van der Waals surface area contributed by atoms with E-state index in [1.165, 1.54) is 11.1 Å². The minimum absolute atomic E-state index is 0.0869. The lowest BCUT2D eigenvalue weighted by molar-refractivity contribution is -0.0586. The highest BCUT2D eigenvalue weighted by Crippen LogP contribution is 2.15. The molecule has 1 aliphatic rings. The summed E-state index contributed by atoms with van der Waals surface area (Å²) in [5.74, 6) is 0.0869. The highest BCUT2D eigenvalue weighted by atomic mass is 16.5. The van der Waals surface area contributed by atoms with Crippen LogP contribution in [0.3, 0.4) is 0 Å². The van der Waals surface area contributed by atoms with E-state index in [4.69, 9.17) is 4.74 Å². The Labute approximate surface area is 143 Å².